The van der Waals surface area contributed by atoms with Crippen LogP contribution in [0, 0.1) is 16.0 Å². The van der Waals surface area contributed by atoms with E-state index in [1.54, 1.807) is 29.3 Å². The average molecular weight is 411 g/mol. The number of benzene rings is 1. The molecule has 0 bridgehead atoms. The summed E-state index contributed by atoms with van der Waals surface area (Å²) in [6.45, 7) is 2.11. The summed E-state index contributed by atoms with van der Waals surface area (Å²) in [5.41, 5.74) is 0.962. The number of rotatable bonds is 5. The molecule has 0 atom stereocenters. The summed E-state index contributed by atoms with van der Waals surface area (Å²) in [7, 11) is 0. The van der Waals surface area contributed by atoms with E-state index in [0.29, 0.717) is 49.9 Å². The third-order valence-electron chi connectivity index (χ3n) is 5.99. The Morgan fingerprint density at radius 2 is 1.63 bits per heavy atom. The topological polar surface area (TPSA) is 102 Å². The number of hydrogen-bond acceptors (Lipinski definition) is 5. The highest BCUT2D eigenvalue weighted by molar-refractivity contribution is 5.92. The van der Waals surface area contributed by atoms with Crippen molar-refractivity contribution in [3.8, 4) is 5.69 Å². The molecular weight excluding hydrogens is 386 g/mol. The van der Waals surface area contributed by atoms with Crippen LogP contribution in [0.1, 0.15) is 42.6 Å². The van der Waals surface area contributed by atoms with E-state index in [-0.39, 0.29) is 17.5 Å². The minimum absolute atomic E-state index is 0.00237. The number of carbonyl (C=O) groups is 2. The van der Waals surface area contributed by atoms with Crippen molar-refractivity contribution in [3.05, 3.63) is 52.3 Å². The van der Waals surface area contributed by atoms with E-state index in [1.165, 1.54) is 29.7 Å². The summed E-state index contributed by atoms with van der Waals surface area (Å²) < 4.78 is 1.53. The van der Waals surface area contributed by atoms with Gasteiger partial charge in [-0.1, -0.05) is 12.8 Å². The average Bonchev–Trinajstić information content (AvgIpc) is 3.46. The van der Waals surface area contributed by atoms with Crippen LogP contribution in [0.5, 0.6) is 0 Å². The summed E-state index contributed by atoms with van der Waals surface area (Å²) in [5.74, 6) is 0.565. The van der Waals surface area contributed by atoms with Crippen LogP contribution in [0.4, 0.5) is 5.69 Å². The van der Waals surface area contributed by atoms with Gasteiger partial charge in [-0.15, -0.1) is 0 Å². The molecule has 30 heavy (non-hydrogen) atoms. The number of carbonyl (C=O) groups excluding carboxylic acids is 2. The van der Waals surface area contributed by atoms with E-state index in [2.05, 4.69) is 5.10 Å². The highest BCUT2D eigenvalue weighted by Crippen LogP contribution is 2.28. The predicted octanol–water partition coefficient (Wildman–Crippen LogP) is 2.65. The van der Waals surface area contributed by atoms with E-state index in [1.807, 2.05) is 4.90 Å². The first kappa shape index (κ1) is 20.1. The first-order valence-electron chi connectivity index (χ1n) is 10.4. The molecule has 1 aliphatic carbocycles. The lowest BCUT2D eigenvalue weighted by atomic mass is 10.0. The van der Waals surface area contributed by atoms with Gasteiger partial charge in [-0.3, -0.25) is 19.7 Å². The van der Waals surface area contributed by atoms with Crippen molar-refractivity contribution in [2.45, 2.75) is 32.1 Å². The molecular formula is C21H25N5O4. The Morgan fingerprint density at radius 3 is 2.27 bits per heavy atom. The van der Waals surface area contributed by atoms with E-state index in [0.717, 1.165) is 12.8 Å². The molecule has 1 aliphatic heterocycles. The second kappa shape index (κ2) is 8.64. The fourth-order valence-electron chi connectivity index (χ4n) is 4.22. The zero-order chi connectivity index (χ0) is 21.1. The Bertz CT molecular complexity index is 925. The van der Waals surface area contributed by atoms with Crippen LogP contribution in [0.2, 0.25) is 0 Å². The minimum atomic E-state index is -0.458. The van der Waals surface area contributed by atoms with Crippen LogP contribution < -0.4 is 0 Å². The van der Waals surface area contributed by atoms with Crippen LogP contribution in [0.15, 0.2) is 36.5 Å². The van der Waals surface area contributed by atoms with Crippen molar-refractivity contribution in [3.63, 3.8) is 0 Å². The lowest BCUT2D eigenvalue weighted by Crippen LogP contribution is -2.50. The van der Waals surface area contributed by atoms with Gasteiger partial charge in [0.05, 0.1) is 10.6 Å². The largest absolute Gasteiger partial charge is 0.339 e. The molecule has 2 amide bonds. The zero-order valence-electron chi connectivity index (χ0n) is 16.8. The van der Waals surface area contributed by atoms with Crippen molar-refractivity contribution in [2.75, 3.05) is 26.2 Å². The van der Waals surface area contributed by atoms with Crippen LogP contribution in [0.25, 0.3) is 5.69 Å². The van der Waals surface area contributed by atoms with E-state index < -0.39 is 4.92 Å². The summed E-state index contributed by atoms with van der Waals surface area (Å²) >= 11 is 0. The van der Waals surface area contributed by atoms with Crippen molar-refractivity contribution in [2.24, 2.45) is 5.92 Å². The smallest absolute Gasteiger partial charge is 0.274 e. The standard InChI is InChI=1S/C21H25N5O4/c27-20(15-16-3-1-2-4-16)23-11-13-24(14-12-23)21(28)19-9-10-25(22-19)17-5-7-18(8-6-17)26(29)30/h5-10,16H,1-4,11-15H2. The van der Waals surface area contributed by atoms with Crippen molar-refractivity contribution >= 4 is 17.5 Å². The molecule has 1 saturated carbocycles. The molecule has 2 heterocycles. The summed E-state index contributed by atoms with van der Waals surface area (Å²) in [6, 6.07) is 7.63. The number of nitro benzene ring substituents is 1. The van der Waals surface area contributed by atoms with Gasteiger partial charge in [0.15, 0.2) is 5.69 Å². The van der Waals surface area contributed by atoms with Gasteiger partial charge in [-0.25, -0.2) is 4.68 Å². The van der Waals surface area contributed by atoms with Crippen molar-refractivity contribution < 1.29 is 14.5 Å². The quantitative estimate of drug-likeness (QED) is 0.556. The molecule has 9 heteroatoms. The molecule has 1 aromatic carbocycles. The van der Waals surface area contributed by atoms with E-state index in [4.69, 9.17) is 0 Å². The van der Waals surface area contributed by atoms with Gasteiger partial charge in [-0.2, -0.15) is 5.10 Å². The molecule has 9 nitrogen and oxygen atoms in total. The number of aromatic nitrogens is 2. The molecule has 1 saturated heterocycles. The Balaban J connectivity index is 1.33. The summed E-state index contributed by atoms with van der Waals surface area (Å²) in [4.78, 5) is 39.2. The maximum absolute atomic E-state index is 12.8. The number of piperazine rings is 1. The fourth-order valence-corrected chi connectivity index (χ4v) is 4.22. The second-order valence-electron chi connectivity index (χ2n) is 7.95. The third-order valence-corrected chi connectivity index (χ3v) is 5.99. The van der Waals surface area contributed by atoms with Gasteiger partial charge < -0.3 is 9.80 Å². The van der Waals surface area contributed by atoms with Crippen LogP contribution in [-0.4, -0.2) is 62.5 Å². The Morgan fingerprint density at radius 1 is 1.00 bits per heavy atom. The predicted molar refractivity (Wildman–Crippen MR) is 109 cm³/mol. The fraction of sp³-hybridized carbons (Fsp3) is 0.476. The van der Waals surface area contributed by atoms with Gasteiger partial charge in [0, 0.05) is 50.9 Å². The molecule has 158 valence electrons. The van der Waals surface area contributed by atoms with E-state index in [9.17, 15) is 19.7 Å². The van der Waals surface area contributed by atoms with Gasteiger partial charge in [0.2, 0.25) is 5.91 Å². The highest BCUT2D eigenvalue weighted by atomic mass is 16.6. The SMILES string of the molecule is O=C(CC1CCCC1)N1CCN(C(=O)c2ccn(-c3ccc([N+](=O)[O-])cc3)n2)CC1. The van der Waals surface area contributed by atoms with Crippen LogP contribution >= 0.6 is 0 Å². The van der Waals surface area contributed by atoms with Gasteiger partial charge in [0.1, 0.15) is 0 Å². The molecule has 2 fully saturated rings. The number of nitrogens with zero attached hydrogens (tertiary/aromatic N) is 5. The first-order chi connectivity index (χ1) is 14.5. The lowest BCUT2D eigenvalue weighted by molar-refractivity contribution is -0.384. The van der Waals surface area contributed by atoms with Crippen LogP contribution in [0.3, 0.4) is 0 Å². The maximum atomic E-state index is 12.8. The number of nitro groups is 1. The Hall–Kier alpha value is -3.23. The number of amides is 2. The second-order valence-corrected chi connectivity index (χ2v) is 7.95. The molecule has 0 radical (unpaired) electrons. The minimum Gasteiger partial charge on any atom is -0.339 e. The van der Waals surface area contributed by atoms with E-state index >= 15 is 0 Å². The molecule has 0 spiro atoms. The molecule has 1 aromatic heterocycles. The molecule has 4 rings (SSSR count). The number of hydrogen-bond donors (Lipinski definition) is 0. The van der Waals surface area contributed by atoms with Crippen molar-refractivity contribution in [1.82, 2.24) is 19.6 Å². The summed E-state index contributed by atoms with van der Waals surface area (Å²) in [6.07, 6.45) is 7.06. The zero-order valence-corrected chi connectivity index (χ0v) is 16.8. The molecule has 0 N–H and O–H groups in total. The maximum Gasteiger partial charge on any atom is 0.274 e. The molecule has 0 unspecified atom stereocenters. The van der Waals surface area contributed by atoms with Crippen molar-refractivity contribution in [1.29, 1.82) is 0 Å². The Kier molecular flexibility index (Phi) is 5.78. The molecule has 2 aliphatic rings. The number of non-ortho nitro benzene ring substituents is 1. The monoisotopic (exact) mass is 411 g/mol. The Labute approximate surface area is 174 Å². The highest BCUT2D eigenvalue weighted by Gasteiger charge is 2.28. The van der Waals surface area contributed by atoms with Gasteiger partial charge in [0.25, 0.3) is 11.6 Å². The normalized spacial score (nSPS) is 17.3. The van der Waals surface area contributed by atoms with Gasteiger partial charge in [-0.05, 0) is 37.0 Å². The first-order valence-corrected chi connectivity index (χ1v) is 10.4. The van der Waals surface area contributed by atoms with Crippen LogP contribution in [-0.2, 0) is 4.79 Å². The summed E-state index contributed by atoms with van der Waals surface area (Å²) in [5, 5.41) is 15.1. The molecule has 2 aromatic rings. The lowest BCUT2D eigenvalue weighted by Gasteiger charge is -2.35. The van der Waals surface area contributed by atoms with Gasteiger partial charge >= 0.3 is 0 Å². The third kappa shape index (κ3) is 4.34.